The van der Waals surface area contributed by atoms with E-state index >= 15 is 0 Å². The summed E-state index contributed by atoms with van der Waals surface area (Å²) in [5.74, 6) is -0.832. The lowest BCUT2D eigenvalue weighted by Crippen LogP contribution is -2.29. The van der Waals surface area contributed by atoms with E-state index in [1.807, 2.05) is 62.4 Å². The van der Waals surface area contributed by atoms with Crippen molar-refractivity contribution in [1.29, 1.82) is 0 Å². The largest absolute Gasteiger partial charge is 0.459 e. The van der Waals surface area contributed by atoms with E-state index in [2.05, 4.69) is 10.3 Å². The molecule has 0 spiro atoms. The number of nitrogens with one attached hydrogen (secondary N) is 1. The minimum atomic E-state index is -0.861. The standard InChI is InChI=1S/C26H25N3O4S/c1-15-10-11-20(16(2)12-15)28-23(30)22-17(3)21-24(34-22)27-14-29(25(21)31)18(4)26(32)33-13-19-8-6-5-7-9-19/h5-12,14,18H,13H2,1-4H3,(H,28,30)/t18-/m0/s1. The first-order valence-electron chi connectivity index (χ1n) is 10.9. The summed E-state index contributed by atoms with van der Waals surface area (Å²) in [4.78, 5) is 44.0. The first-order chi connectivity index (χ1) is 16.3. The molecule has 0 unspecified atom stereocenters. The van der Waals surface area contributed by atoms with Crippen LogP contribution in [0.5, 0.6) is 0 Å². The number of fused-ring (bicyclic) bond motifs is 1. The molecule has 1 N–H and O–H groups in total. The Bertz CT molecular complexity index is 1440. The number of carbonyl (C=O) groups excluding carboxylic acids is 2. The Morgan fingerprint density at radius 1 is 1.12 bits per heavy atom. The van der Waals surface area contributed by atoms with Crippen LogP contribution in [0.15, 0.2) is 59.7 Å². The van der Waals surface area contributed by atoms with Gasteiger partial charge in [-0.1, -0.05) is 48.0 Å². The molecule has 0 aliphatic rings. The third-order valence-corrected chi connectivity index (χ3v) is 6.89. The predicted octanol–water partition coefficient (Wildman–Crippen LogP) is 4.94. The minimum absolute atomic E-state index is 0.120. The van der Waals surface area contributed by atoms with Gasteiger partial charge in [-0.05, 0) is 50.5 Å². The number of aromatic nitrogens is 2. The molecule has 0 bridgehead atoms. The number of thiophene rings is 1. The van der Waals surface area contributed by atoms with E-state index in [1.54, 1.807) is 13.8 Å². The van der Waals surface area contributed by atoms with Crippen LogP contribution in [-0.4, -0.2) is 21.4 Å². The maximum Gasteiger partial charge on any atom is 0.329 e. The van der Waals surface area contributed by atoms with Gasteiger partial charge in [-0.15, -0.1) is 11.3 Å². The van der Waals surface area contributed by atoms with Gasteiger partial charge in [-0.3, -0.25) is 14.2 Å². The molecular weight excluding hydrogens is 450 g/mol. The van der Waals surface area contributed by atoms with E-state index < -0.39 is 12.0 Å². The first-order valence-corrected chi connectivity index (χ1v) is 11.7. The molecule has 2 aromatic heterocycles. The lowest BCUT2D eigenvalue weighted by Gasteiger charge is -2.14. The summed E-state index contributed by atoms with van der Waals surface area (Å²) in [6.45, 7) is 7.36. The van der Waals surface area contributed by atoms with Gasteiger partial charge < -0.3 is 10.1 Å². The number of nitrogens with zero attached hydrogens (tertiary/aromatic N) is 2. The number of anilines is 1. The monoisotopic (exact) mass is 475 g/mol. The van der Waals surface area contributed by atoms with Crippen molar-refractivity contribution in [3.63, 3.8) is 0 Å². The van der Waals surface area contributed by atoms with Crippen molar-refractivity contribution >= 4 is 39.1 Å². The third kappa shape index (κ3) is 4.63. The number of esters is 1. The molecule has 0 fully saturated rings. The lowest BCUT2D eigenvalue weighted by atomic mass is 10.1. The smallest absolute Gasteiger partial charge is 0.329 e. The quantitative estimate of drug-likeness (QED) is 0.399. The molecule has 7 nitrogen and oxygen atoms in total. The van der Waals surface area contributed by atoms with Crippen molar-refractivity contribution in [2.24, 2.45) is 0 Å². The number of carbonyl (C=O) groups is 2. The lowest BCUT2D eigenvalue weighted by molar-refractivity contribution is -0.148. The van der Waals surface area contributed by atoms with Crippen LogP contribution in [0.4, 0.5) is 5.69 Å². The van der Waals surface area contributed by atoms with E-state index in [0.29, 0.717) is 26.3 Å². The molecule has 0 saturated carbocycles. The van der Waals surface area contributed by atoms with Crippen molar-refractivity contribution in [1.82, 2.24) is 9.55 Å². The van der Waals surface area contributed by atoms with Crippen molar-refractivity contribution in [2.45, 2.75) is 40.3 Å². The summed E-state index contributed by atoms with van der Waals surface area (Å²) >= 11 is 1.16. The Kier molecular flexibility index (Phi) is 6.61. The molecule has 2 aromatic carbocycles. The maximum absolute atomic E-state index is 13.2. The summed E-state index contributed by atoms with van der Waals surface area (Å²) in [6, 6.07) is 14.2. The fraction of sp³-hybridized carbons (Fsp3) is 0.231. The molecule has 2 heterocycles. The Hall–Kier alpha value is -3.78. The van der Waals surface area contributed by atoms with E-state index in [4.69, 9.17) is 4.74 Å². The van der Waals surface area contributed by atoms with Gasteiger partial charge in [-0.25, -0.2) is 9.78 Å². The second-order valence-corrected chi connectivity index (χ2v) is 9.23. The summed E-state index contributed by atoms with van der Waals surface area (Å²) in [5.41, 5.74) is 3.79. The van der Waals surface area contributed by atoms with Crippen LogP contribution >= 0.6 is 11.3 Å². The molecule has 8 heteroatoms. The highest BCUT2D eigenvalue weighted by Gasteiger charge is 2.24. The number of benzene rings is 2. The number of rotatable bonds is 6. The third-order valence-electron chi connectivity index (χ3n) is 5.69. The molecule has 0 saturated heterocycles. The fourth-order valence-electron chi connectivity index (χ4n) is 3.73. The number of aryl methyl sites for hydroxylation is 3. The van der Waals surface area contributed by atoms with Crippen LogP contribution in [0.3, 0.4) is 0 Å². The second-order valence-electron chi connectivity index (χ2n) is 8.24. The van der Waals surface area contributed by atoms with Crippen LogP contribution in [0.1, 0.15) is 44.9 Å². The van der Waals surface area contributed by atoms with Gasteiger partial charge in [0.1, 0.15) is 17.5 Å². The van der Waals surface area contributed by atoms with Gasteiger partial charge in [-0.2, -0.15) is 0 Å². The van der Waals surface area contributed by atoms with Gasteiger partial charge in [0.2, 0.25) is 0 Å². The van der Waals surface area contributed by atoms with Gasteiger partial charge in [0.05, 0.1) is 16.6 Å². The summed E-state index contributed by atoms with van der Waals surface area (Å²) in [6.07, 6.45) is 1.33. The average Bonchev–Trinajstić information content (AvgIpc) is 3.17. The van der Waals surface area contributed by atoms with E-state index in [1.165, 1.54) is 10.9 Å². The molecule has 0 aliphatic heterocycles. The van der Waals surface area contributed by atoms with Crippen LogP contribution in [0.2, 0.25) is 0 Å². The van der Waals surface area contributed by atoms with Crippen LogP contribution in [-0.2, 0) is 16.1 Å². The Balaban J connectivity index is 1.58. The molecule has 0 radical (unpaired) electrons. The van der Waals surface area contributed by atoms with Crippen molar-refractivity contribution in [3.8, 4) is 0 Å². The van der Waals surface area contributed by atoms with E-state index in [0.717, 1.165) is 28.0 Å². The van der Waals surface area contributed by atoms with Crippen molar-refractivity contribution < 1.29 is 14.3 Å². The summed E-state index contributed by atoms with van der Waals surface area (Å²) in [7, 11) is 0. The number of hydrogen-bond acceptors (Lipinski definition) is 6. The normalized spacial score (nSPS) is 11.9. The van der Waals surface area contributed by atoms with Crippen molar-refractivity contribution in [2.75, 3.05) is 5.32 Å². The zero-order chi connectivity index (χ0) is 24.4. The Morgan fingerprint density at radius 2 is 1.85 bits per heavy atom. The van der Waals surface area contributed by atoms with Gasteiger partial charge in [0.25, 0.3) is 11.5 Å². The van der Waals surface area contributed by atoms with Gasteiger partial charge in [0.15, 0.2) is 0 Å². The maximum atomic E-state index is 13.2. The fourth-order valence-corrected chi connectivity index (χ4v) is 4.76. The van der Waals surface area contributed by atoms with Crippen LogP contribution in [0, 0.1) is 20.8 Å². The Morgan fingerprint density at radius 3 is 2.56 bits per heavy atom. The first kappa shape index (κ1) is 23.4. The van der Waals surface area contributed by atoms with Gasteiger partial charge in [0, 0.05) is 5.69 Å². The topological polar surface area (TPSA) is 90.3 Å². The SMILES string of the molecule is Cc1ccc(NC(=O)c2sc3ncn([C@@H](C)C(=O)OCc4ccccc4)c(=O)c3c2C)c(C)c1. The molecule has 0 aliphatic carbocycles. The molecule has 174 valence electrons. The zero-order valence-electron chi connectivity index (χ0n) is 19.4. The molecule has 4 aromatic rings. The molecule has 34 heavy (non-hydrogen) atoms. The predicted molar refractivity (Wildman–Crippen MR) is 133 cm³/mol. The van der Waals surface area contributed by atoms with Crippen molar-refractivity contribution in [3.05, 3.63) is 92.3 Å². The highest BCUT2D eigenvalue weighted by Crippen LogP contribution is 2.28. The number of amides is 1. The van der Waals surface area contributed by atoms with E-state index in [-0.39, 0.29) is 18.1 Å². The zero-order valence-corrected chi connectivity index (χ0v) is 20.2. The number of ether oxygens (including phenoxy) is 1. The summed E-state index contributed by atoms with van der Waals surface area (Å²) in [5, 5.41) is 3.26. The second kappa shape index (κ2) is 9.61. The molecule has 4 rings (SSSR count). The Labute approximate surface area is 201 Å². The number of hydrogen-bond donors (Lipinski definition) is 1. The highest BCUT2D eigenvalue weighted by molar-refractivity contribution is 7.20. The van der Waals surface area contributed by atoms with Crippen LogP contribution in [0.25, 0.3) is 10.2 Å². The van der Waals surface area contributed by atoms with Gasteiger partial charge >= 0.3 is 5.97 Å². The van der Waals surface area contributed by atoms with Crippen LogP contribution < -0.4 is 10.9 Å². The highest BCUT2D eigenvalue weighted by atomic mass is 32.1. The molecule has 1 atom stereocenters. The summed E-state index contributed by atoms with van der Waals surface area (Å²) < 4.78 is 6.63. The molecule has 1 amide bonds. The van der Waals surface area contributed by atoms with E-state index in [9.17, 15) is 14.4 Å². The average molecular weight is 476 g/mol. The minimum Gasteiger partial charge on any atom is -0.459 e. The molecular formula is C26H25N3O4S.